The van der Waals surface area contributed by atoms with Crippen LogP contribution in [-0.4, -0.2) is 22.3 Å². The summed E-state index contributed by atoms with van der Waals surface area (Å²) in [5.41, 5.74) is 2.21. The third kappa shape index (κ3) is 2.20. The normalized spacial score (nSPS) is 18.1. The topological polar surface area (TPSA) is 67.0 Å². The lowest BCUT2D eigenvalue weighted by atomic mass is 9.81. The number of nitrogens with one attached hydrogen (secondary N) is 1. The second-order valence-electron chi connectivity index (χ2n) is 5.76. The molecule has 1 aliphatic carbocycles. The molecule has 0 amide bonds. The van der Waals surface area contributed by atoms with E-state index in [1.165, 1.54) is 0 Å². The number of hydrogen-bond donors (Lipinski definition) is 1. The molecule has 1 aromatic heterocycles. The van der Waals surface area contributed by atoms with Crippen LogP contribution in [0.4, 0.5) is 0 Å². The number of benzene rings is 2. The van der Waals surface area contributed by atoms with E-state index in [1.54, 1.807) is 30.3 Å². The summed E-state index contributed by atoms with van der Waals surface area (Å²) in [6.45, 7) is 0. The molecule has 1 N–H and O–H groups in total. The first-order valence-electron chi connectivity index (χ1n) is 7.62. The number of H-pyrrole nitrogens is 1. The van der Waals surface area contributed by atoms with Crippen LogP contribution in [0.1, 0.15) is 17.2 Å². The van der Waals surface area contributed by atoms with Crippen molar-refractivity contribution in [1.82, 2.24) is 4.98 Å². The molecular formula is C20H13NO3. The molecule has 0 bridgehead atoms. The van der Waals surface area contributed by atoms with Gasteiger partial charge in [-0.25, -0.2) is 0 Å². The third-order valence-corrected chi connectivity index (χ3v) is 4.25. The van der Waals surface area contributed by atoms with Crippen LogP contribution in [0.3, 0.4) is 0 Å². The minimum Gasteiger partial charge on any atom is -0.357 e. The van der Waals surface area contributed by atoms with Crippen LogP contribution in [0.15, 0.2) is 66.7 Å². The average molecular weight is 315 g/mol. The summed E-state index contributed by atoms with van der Waals surface area (Å²) in [5.74, 6) is -2.79. The van der Waals surface area contributed by atoms with Gasteiger partial charge < -0.3 is 4.98 Å². The summed E-state index contributed by atoms with van der Waals surface area (Å²) in [7, 11) is 0. The second kappa shape index (κ2) is 5.42. The molecule has 24 heavy (non-hydrogen) atoms. The quantitative estimate of drug-likeness (QED) is 0.584. The number of aromatic amines is 1. The molecule has 2 aromatic carbocycles. The SMILES string of the molecule is O=C1C=C(c2ccccc2)C(=O)C(c2cc3ccccc3[nH]2)C1=O. The van der Waals surface area contributed by atoms with E-state index in [2.05, 4.69) is 4.98 Å². The Labute approximate surface area is 137 Å². The van der Waals surface area contributed by atoms with Gasteiger partial charge in [-0.2, -0.15) is 0 Å². The van der Waals surface area contributed by atoms with Gasteiger partial charge in [-0.05, 0) is 23.1 Å². The molecule has 0 fully saturated rings. The fourth-order valence-electron chi connectivity index (χ4n) is 3.07. The van der Waals surface area contributed by atoms with Gasteiger partial charge in [-0.15, -0.1) is 0 Å². The van der Waals surface area contributed by atoms with Crippen molar-refractivity contribution in [3.05, 3.63) is 78.0 Å². The van der Waals surface area contributed by atoms with E-state index in [0.717, 1.165) is 17.0 Å². The molecule has 1 unspecified atom stereocenters. The van der Waals surface area contributed by atoms with E-state index in [1.807, 2.05) is 30.3 Å². The highest BCUT2D eigenvalue weighted by molar-refractivity contribution is 6.55. The number of rotatable bonds is 2. The zero-order valence-corrected chi connectivity index (χ0v) is 12.7. The van der Waals surface area contributed by atoms with Gasteiger partial charge in [0.2, 0.25) is 11.6 Å². The summed E-state index contributed by atoms with van der Waals surface area (Å²) in [5, 5.41) is 0.899. The Kier molecular flexibility index (Phi) is 3.24. The monoisotopic (exact) mass is 315 g/mol. The fraction of sp³-hybridized carbons (Fsp3) is 0.0500. The highest BCUT2D eigenvalue weighted by Gasteiger charge is 2.39. The van der Waals surface area contributed by atoms with Crippen molar-refractivity contribution in [2.24, 2.45) is 0 Å². The van der Waals surface area contributed by atoms with Crippen LogP contribution >= 0.6 is 0 Å². The summed E-state index contributed by atoms with van der Waals surface area (Å²) < 4.78 is 0. The highest BCUT2D eigenvalue weighted by atomic mass is 16.2. The molecule has 0 saturated carbocycles. The number of Topliss-reactive ketones (excluding diaryl/α,β-unsaturated/α-hetero) is 2. The highest BCUT2D eigenvalue weighted by Crippen LogP contribution is 2.32. The summed E-state index contributed by atoms with van der Waals surface area (Å²) in [6.07, 6.45) is 1.15. The standard InChI is InChI=1S/C20H13NO3/c22-17-11-14(12-6-2-1-3-7-12)19(23)18(20(17)24)16-10-13-8-4-5-9-15(13)21-16/h1-11,18,21H. The Bertz CT molecular complexity index is 979. The van der Waals surface area contributed by atoms with Crippen molar-refractivity contribution in [3.63, 3.8) is 0 Å². The van der Waals surface area contributed by atoms with Crippen LogP contribution in [0.5, 0.6) is 0 Å². The van der Waals surface area contributed by atoms with Gasteiger partial charge in [0.1, 0.15) is 5.92 Å². The summed E-state index contributed by atoms with van der Waals surface area (Å²) in [6, 6.07) is 18.2. The molecule has 0 saturated heterocycles. The largest absolute Gasteiger partial charge is 0.357 e. The molecule has 1 heterocycles. The van der Waals surface area contributed by atoms with E-state index in [9.17, 15) is 14.4 Å². The Morgan fingerprint density at radius 1 is 0.792 bits per heavy atom. The van der Waals surface area contributed by atoms with Gasteiger partial charge in [0.05, 0.1) is 0 Å². The van der Waals surface area contributed by atoms with E-state index >= 15 is 0 Å². The van der Waals surface area contributed by atoms with Crippen molar-refractivity contribution in [1.29, 1.82) is 0 Å². The van der Waals surface area contributed by atoms with E-state index in [0.29, 0.717) is 11.3 Å². The summed E-state index contributed by atoms with van der Waals surface area (Å²) >= 11 is 0. The van der Waals surface area contributed by atoms with Crippen LogP contribution in [-0.2, 0) is 14.4 Å². The number of allylic oxidation sites excluding steroid dienone is 2. The number of para-hydroxylation sites is 1. The third-order valence-electron chi connectivity index (χ3n) is 4.25. The molecule has 1 aliphatic rings. The van der Waals surface area contributed by atoms with E-state index < -0.39 is 17.5 Å². The molecule has 4 heteroatoms. The first-order valence-corrected chi connectivity index (χ1v) is 7.62. The smallest absolute Gasteiger partial charge is 0.223 e. The first kappa shape index (κ1) is 14.3. The van der Waals surface area contributed by atoms with Crippen molar-refractivity contribution < 1.29 is 14.4 Å². The van der Waals surface area contributed by atoms with Gasteiger partial charge in [-0.3, -0.25) is 14.4 Å². The van der Waals surface area contributed by atoms with Gasteiger partial charge in [0.15, 0.2) is 5.78 Å². The first-order chi connectivity index (χ1) is 11.6. The maximum Gasteiger partial charge on any atom is 0.223 e. The molecule has 0 spiro atoms. The molecule has 4 nitrogen and oxygen atoms in total. The molecular weight excluding hydrogens is 302 g/mol. The zero-order valence-electron chi connectivity index (χ0n) is 12.7. The van der Waals surface area contributed by atoms with Gasteiger partial charge in [0.25, 0.3) is 0 Å². The van der Waals surface area contributed by atoms with Crippen molar-refractivity contribution in [3.8, 4) is 0 Å². The zero-order chi connectivity index (χ0) is 16.7. The summed E-state index contributed by atoms with van der Waals surface area (Å²) in [4.78, 5) is 40.5. The number of ketones is 3. The maximum atomic E-state index is 12.9. The number of carbonyl (C=O) groups is 3. The predicted molar refractivity (Wildman–Crippen MR) is 90.5 cm³/mol. The van der Waals surface area contributed by atoms with E-state index in [4.69, 9.17) is 0 Å². The van der Waals surface area contributed by atoms with Crippen molar-refractivity contribution in [2.45, 2.75) is 5.92 Å². The van der Waals surface area contributed by atoms with Gasteiger partial charge in [-0.1, -0.05) is 48.5 Å². The lowest BCUT2D eigenvalue weighted by Gasteiger charge is -2.19. The minimum absolute atomic E-state index is 0.281. The lowest BCUT2D eigenvalue weighted by Crippen LogP contribution is -2.33. The minimum atomic E-state index is -1.11. The number of fused-ring (bicyclic) bond motifs is 1. The van der Waals surface area contributed by atoms with Crippen LogP contribution in [0.25, 0.3) is 16.5 Å². The molecule has 4 rings (SSSR count). The molecule has 116 valence electrons. The van der Waals surface area contributed by atoms with E-state index in [-0.39, 0.29) is 11.4 Å². The Morgan fingerprint density at radius 2 is 1.50 bits per heavy atom. The second-order valence-corrected chi connectivity index (χ2v) is 5.76. The Morgan fingerprint density at radius 3 is 2.25 bits per heavy atom. The number of aromatic nitrogens is 1. The molecule has 3 aromatic rings. The van der Waals surface area contributed by atoms with Crippen LogP contribution in [0, 0.1) is 0 Å². The van der Waals surface area contributed by atoms with Crippen LogP contribution in [0.2, 0.25) is 0 Å². The van der Waals surface area contributed by atoms with Crippen molar-refractivity contribution >= 4 is 33.8 Å². The van der Waals surface area contributed by atoms with Gasteiger partial charge >= 0.3 is 0 Å². The van der Waals surface area contributed by atoms with Gasteiger partial charge in [0, 0.05) is 22.9 Å². The Balaban J connectivity index is 1.83. The van der Waals surface area contributed by atoms with Crippen molar-refractivity contribution in [2.75, 3.05) is 0 Å². The number of carbonyl (C=O) groups excluding carboxylic acids is 3. The molecule has 0 radical (unpaired) electrons. The number of hydrogen-bond acceptors (Lipinski definition) is 3. The Hall–Kier alpha value is -3.27. The lowest BCUT2D eigenvalue weighted by molar-refractivity contribution is -0.137. The maximum absolute atomic E-state index is 12.9. The molecule has 0 aliphatic heterocycles. The molecule has 1 atom stereocenters. The van der Waals surface area contributed by atoms with Crippen LogP contribution < -0.4 is 0 Å². The average Bonchev–Trinajstić information content (AvgIpc) is 3.02. The predicted octanol–water partition coefficient (Wildman–Crippen LogP) is 3.06. The fourth-order valence-corrected chi connectivity index (χ4v) is 3.07.